The second-order valence-electron chi connectivity index (χ2n) is 3.86. The molecule has 0 aliphatic heterocycles. The van der Waals surface area contributed by atoms with Gasteiger partial charge in [0.25, 0.3) is 0 Å². The molecule has 0 saturated heterocycles. The number of rotatable bonds is 3. The highest BCUT2D eigenvalue weighted by Crippen LogP contribution is 2.26. The molecule has 0 atom stereocenters. The van der Waals surface area contributed by atoms with Gasteiger partial charge in [0.1, 0.15) is 12.4 Å². The summed E-state index contributed by atoms with van der Waals surface area (Å²) in [5, 5.41) is 3.47. The van der Waals surface area contributed by atoms with Crippen LogP contribution in [-0.4, -0.2) is 0 Å². The van der Waals surface area contributed by atoms with Crippen LogP contribution in [0.1, 0.15) is 5.56 Å². The molecule has 0 spiro atoms. The second-order valence-corrected chi connectivity index (χ2v) is 4.77. The standard InChI is InChI=1S/C15H12OS/c1-2-6-13(7-3-1)16-10-12-11-17-15-9-5-4-8-14(12)15/h1-9,11H,10H2. The van der Waals surface area contributed by atoms with Gasteiger partial charge in [-0.05, 0) is 29.0 Å². The third-order valence-electron chi connectivity index (χ3n) is 2.70. The summed E-state index contributed by atoms with van der Waals surface area (Å²) in [4.78, 5) is 0. The highest BCUT2D eigenvalue weighted by molar-refractivity contribution is 7.17. The van der Waals surface area contributed by atoms with Crippen LogP contribution in [0.3, 0.4) is 0 Å². The normalized spacial score (nSPS) is 10.6. The third kappa shape index (κ3) is 2.17. The molecule has 0 radical (unpaired) electrons. The molecule has 0 saturated carbocycles. The zero-order chi connectivity index (χ0) is 11.5. The van der Waals surface area contributed by atoms with Crippen molar-refractivity contribution in [3.63, 3.8) is 0 Å². The Morgan fingerprint density at radius 1 is 0.882 bits per heavy atom. The summed E-state index contributed by atoms with van der Waals surface area (Å²) in [5.74, 6) is 0.919. The van der Waals surface area contributed by atoms with Crippen molar-refractivity contribution in [2.75, 3.05) is 0 Å². The Kier molecular flexibility index (Phi) is 2.80. The number of benzene rings is 2. The zero-order valence-corrected chi connectivity index (χ0v) is 10.1. The van der Waals surface area contributed by atoms with Crippen LogP contribution < -0.4 is 4.74 Å². The molecule has 0 aliphatic carbocycles. The van der Waals surface area contributed by atoms with Crippen molar-refractivity contribution in [1.29, 1.82) is 0 Å². The second kappa shape index (κ2) is 4.60. The Morgan fingerprint density at radius 3 is 2.53 bits per heavy atom. The molecule has 3 rings (SSSR count). The van der Waals surface area contributed by atoms with E-state index in [1.165, 1.54) is 15.6 Å². The molecule has 0 aliphatic rings. The fraction of sp³-hybridized carbons (Fsp3) is 0.0667. The molecule has 2 heteroatoms. The first-order valence-electron chi connectivity index (χ1n) is 5.56. The average molecular weight is 240 g/mol. The van der Waals surface area contributed by atoms with Crippen LogP contribution in [0, 0.1) is 0 Å². The van der Waals surface area contributed by atoms with E-state index in [1.54, 1.807) is 11.3 Å². The Bertz CT molecular complexity index is 613. The van der Waals surface area contributed by atoms with Gasteiger partial charge in [-0.15, -0.1) is 11.3 Å². The summed E-state index contributed by atoms with van der Waals surface area (Å²) in [7, 11) is 0. The molecule has 0 amide bonds. The summed E-state index contributed by atoms with van der Waals surface area (Å²) in [6.45, 7) is 0.633. The first kappa shape index (κ1) is 10.4. The molecule has 1 heterocycles. The maximum atomic E-state index is 5.77. The number of para-hydroxylation sites is 1. The smallest absolute Gasteiger partial charge is 0.119 e. The molecular formula is C15H12OS. The van der Waals surface area contributed by atoms with E-state index in [0.717, 1.165) is 5.75 Å². The topological polar surface area (TPSA) is 9.23 Å². The van der Waals surface area contributed by atoms with Gasteiger partial charge in [-0.2, -0.15) is 0 Å². The van der Waals surface area contributed by atoms with Crippen LogP contribution in [0.2, 0.25) is 0 Å². The maximum Gasteiger partial charge on any atom is 0.119 e. The van der Waals surface area contributed by atoms with Crippen LogP contribution in [-0.2, 0) is 6.61 Å². The lowest BCUT2D eigenvalue weighted by atomic mass is 10.2. The van der Waals surface area contributed by atoms with Crippen LogP contribution in [0.5, 0.6) is 5.75 Å². The van der Waals surface area contributed by atoms with Gasteiger partial charge in [0, 0.05) is 10.3 Å². The molecule has 84 valence electrons. The summed E-state index contributed by atoms with van der Waals surface area (Å²) in [5.41, 5.74) is 1.26. The molecule has 17 heavy (non-hydrogen) atoms. The minimum absolute atomic E-state index is 0.633. The van der Waals surface area contributed by atoms with E-state index in [9.17, 15) is 0 Å². The monoisotopic (exact) mass is 240 g/mol. The highest BCUT2D eigenvalue weighted by Gasteiger charge is 2.03. The Balaban J connectivity index is 1.82. The van der Waals surface area contributed by atoms with E-state index >= 15 is 0 Å². The number of thiophene rings is 1. The highest BCUT2D eigenvalue weighted by atomic mass is 32.1. The van der Waals surface area contributed by atoms with E-state index in [1.807, 2.05) is 30.3 Å². The number of hydrogen-bond acceptors (Lipinski definition) is 2. The summed E-state index contributed by atoms with van der Waals surface area (Å²) >= 11 is 1.77. The van der Waals surface area contributed by atoms with Gasteiger partial charge in [-0.3, -0.25) is 0 Å². The largest absolute Gasteiger partial charge is 0.489 e. The van der Waals surface area contributed by atoms with Gasteiger partial charge < -0.3 is 4.74 Å². The third-order valence-corrected chi connectivity index (χ3v) is 3.71. The van der Waals surface area contributed by atoms with E-state index in [4.69, 9.17) is 4.74 Å². The summed E-state index contributed by atoms with van der Waals surface area (Å²) in [6.07, 6.45) is 0. The molecule has 0 fully saturated rings. The molecule has 1 aromatic heterocycles. The molecular weight excluding hydrogens is 228 g/mol. The first-order valence-corrected chi connectivity index (χ1v) is 6.44. The lowest BCUT2D eigenvalue weighted by Crippen LogP contribution is -1.93. The van der Waals surface area contributed by atoms with Crippen molar-refractivity contribution in [2.24, 2.45) is 0 Å². The fourth-order valence-corrected chi connectivity index (χ4v) is 2.77. The molecule has 2 aromatic carbocycles. The van der Waals surface area contributed by atoms with Gasteiger partial charge in [0.15, 0.2) is 0 Å². The molecule has 0 bridgehead atoms. The van der Waals surface area contributed by atoms with Crippen molar-refractivity contribution in [3.05, 3.63) is 65.5 Å². The van der Waals surface area contributed by atoms with Gasteiger partial charge in [-0.25, -0.2) is 0 Å². The van der Waals surface area contributed by atoms with Crippen LogP contribution in [0.15, 0.2) is 60.0 Å². The first-order chi connectivity index (χ1) is 8.43. The van der Waals surface area contributed by atoms with E-state index < -0.39 is 0 Å². The molecule has 0 unspecified atom stereocenters. The van der Waals surface area contributed by atoms with E-state index in [2.05, 4.69) is 29.6 Å². The maximum absolute atomic E-state index is 5.77. The predicted octanol–water partition coefficient (Wildman–Crippen LogP) is 4.48. The minimum Gasteiger partial charge on any atom is -0.489 e. The zero-order valence-electron chi connectivity index (χ0n) is 9.30. The minimum atomic E-state index is 0.633. The number of fused-ring (bicyclic) bond motifs is 1. The molecule has 3 aromatic rings. The van der Waals surface area contributed by atoms with Crippen molar-refractivity contribution >= 4 is 21.4 Å². The van der Waals surface area contributed by atoms with Gasteiger partial charge in [-0.1, -0.05) is 36.4 Å². The van der Waals surface area contributed by atoms with Crippen molar-refractivity contribution in [1.82, 2.24) is 0 Å². The van der Waals surface area contributed by atoms with Gasteiger partial charge in [0.2, 0.25) is 0 Å². The van der Waals surface area contributed by atoms with Crippen LogP contribution in [0.4, 0.5) is 0 Å². The predicted molar refractivity (Wildman–Crippen MR) is 72.6 cm³/mol. The van der Waals surface area contributed by atoms with Crippen LogP contribution >= 0.6 is 11.3 Å². The van der Waals surface area contributed by atoms with E-state index in [-0.39, 0.29) is 0 Å². The summed E-state index contributed by atoms with van der Waals surface area (Å²) in [6, 6.07) is 18.4. The lowest BCUT2D eigenvalue weighted by molar-refractivity contribution is 0.308. The van der Waals surface area contributed by atoms with E-state index in [0.29, 0.717) is 6.61 Å². The molecule has 1 nitrogen and oxygen atoms in total. The average Bonchev–Trinajstić information content (AvgIpc) is 2.81. The molecule has 0 N–H and O–H groups in total. The fourth-order valence-electron chi connectivity index (χ4n) is 1.82. The van der Waals surface area contributed by atoms with Crippen molar-refractivity contribution < 1.29 is 4.74 Å². The number of hydrogen-bond donors (Lipinski definition) is 0. The van der Waals surface area contributed by atoms with Crippen molar-refractivity contribution in [3.8, 4) is 5.75 Å². The Hall–Kier alpha value is -1.80. The lowest BCUT2D eigenvalue weighted by Gasteiger charge is -2.04. The van der Waals surface area contributed by atoms with Gasteiger partial charge in [0.05, 0.1) is 0 Å². The number of ether oxygens (including phenoxy) is 1. The Labute approximate surface area is 104 Å². The van der Waals surface area contributed by atoms with Gasteiger partial charge >= 0.3 is 0 Å². The quantitative estimate of drug-likeness (QED) is 0.656. The SMILES string of the molecule is c1ccc(OCc2csc3ccccc23)cc1. The summed E-state index contributed by atoms with van der Waals surface area (Å²) < 4.78 is 7.08. The van der Waals surface area contributed by atoms with Crippen molar-refractivity contribution in [2.45, 2.75) is 6.61 Å². The Morgan fingerprint density at radius 2 is 1.65 bits per heavy atom. The van der Waals surface area contributed by atoms with Crippen LogP contribution in [0.25, 0.3) is 10.1 Å².